The summed E-state index contributed by atoms with van der Waals surface area (Å²) in [5.41, 5.74) is 3.29. The number of benzene rings is 1. The summed E-state index contributed by atoms with van der Waals surface area (Å²) >= 11 is 6.90. The van der Waals surface area contributed by atoms with Crippen molar-refractivity contribution >= 4 is 40.3 Å². The molecule has 1 aromatic heterocycles. The van der Waals surface area contributed by atoms with E-state index in [1.807, 2.05) is 17.0 Å². The molecule has 0 N–H and O–H groups in total. The van der Waals surface area contributed by atoms with Crippen LogP contribution in [-0.4, -0.2) is 21.2 Å². The van der Waals surface area contributed by atoms with Gasteiger partial charge >= 0.3 is 0 Å². The molecule has 1 amide bonds. The fraction of sp³-hybridized carbons (Fsp3) is 0.333. The van der Waals surface area contributed by atoms with Crippen LogP contribution < -0.4 is 0 Å². The third-order valence-electron chi connectivity index (χ3n) is 5.08. The van der Waals surface area contributed by atoms with Crippen LogP contribution in [0.25, 0.3) is 17.2 Å². The number of rotatable bonds is 3. The molecule has 2 heterocycles. The second kappa shape index (κ2) is 7.41. The van der Waals surface area contributed by atoms with Crippen LogP contribution in [0, 0.1) is 6.92 Å². The molecule has 1 saturated heterocycles. The number of hydrogen-bond acceptors (Lipinski definition) is 4. The summed E-state index contributed by atoms with van der Waals surface area (Å²) < 4.78 is 6.35. The molecule has 1 saturated carbocycles. The normalized spacial score (nSPS) is 20.3. The van der Waals surface area contributed by atoms with Crippen molar-refractivity contribution in [2.75, 3.05) is 0 Å². The minimum Gasteiger partial charge on any atom is -0.464 e. The average Bonchev–Trinajstić information content (AvgIpc) is 3.21. The number of carbonyl (C=O) groups is 1. The maximum atomic E-state index is 12.9. The molecule has 5 heteroatoms. The van der Waals surface area contributed by atoms with Gasteiger partial charge in [0.2, 0.25) is 0 Å². The van der Waals surface area contributed by atoms with Gasteiger partial charge in [-0.1, -0.05) is 73.1 Å². The Morgan fingerprint density at radius 2 is 1.88 bits per heavy atom. The zero-order chi connectivity index (χ0) is 18.1. The van der Waals surface area contributed by atoms with Gasteiger partial charge in [0.05, 0.1) is 11.2 Å². The number of nitrogens with zero attached hydrogens (tertiary/aromatic N) is 1. The molecule has 134 valence electrons. The Bertz CT molecular complexity index is 860. The van der Waals surface area contributed by atoms with Gasteiger partial charge in [-0.25, -0.2) is 0 Å². The number of amides is 1. The van der Waals surface area contributed by atoms with E-state index in [-0.39, 0.29) is 11.9 Å². The summed E-state index contributed by atoms with van der Waals surface area (Å²) in [6.45, 7) is 2.07. The van der Waals surface area contributed by atoms with Crippen molar-refractivity contribution in [3.8, 4) is 11.1 Å². The summed E-state index contributed by atoms with van der Waals surface area (Å²) in [6, 6.07) is 10.5. The summed E-state index contributed by atoms with van der Waals surface area (Å²) in [4.78, 5) is 15.4. The Morgan fingerprint density at radius 1 is 1.15 bits per heavy atom. The zero-order valence-electron chi connectivity index (χ0n) is 14.7. The van der Waals surface area contributed by atoms with Gasteiger partial charge in [0.1, 0.15) is 10.1 Å². The third-order valence-corrected chi connectivity index (χ3v) is 6.41. The van der Waals surface area contributed by atoms with Crippen LogP contribution >= 0.6 is 24.0 Å². The highest BCUT2D eigenvalue weighted by Crippen LogP contribution is 2.38. The SMILES string of the molecule is Cc1ccc(-c2ccoc2/C=C2\SC(=S)N(C3CCCCC3)C2=O)cc1. The van der Waals surface area contributed by atoms with E-state index < -0.39 is 0 Å². The molecule has 1 aromatic carbocycles. The number of carbonyl (C=O) groups excluding carboxylic acids is 1. The van der Waals surface area contributed by atoms with E-state index in [9.17, 15) is 4.79 Å². The van der Waals surface area contributed by atoms with Crippen LogP contribution in [0.2, 0.25) is 0 Å². The van der Waals surface area contributed by atoms with Crippen molar-refractivity contribution in [1.29, 1.82) is 0 Å². The molecule has 1 aliphatic carbocycles. The van der Waals surface area contributed by atoms with Gasteiger partial charge in [0.25, 0.3) is 5.91 Å². The molecule has 1 aliphatic heterocycles. The van der Waals surface area contributed by atoms with E-state index in [1.165, 1.54) is 36.6 Å². The van der Waals surface area contributed by atoms with Gasteiger partial charge in [-0.15, -0.1) is 0 Å². The molecule has 0 atom stereocenters. The smallest absolute Gasteiger partial charge is 0.266 e. The Hall–Kier alpha value is -1.85. The minimum absolute atomic E-state index is 0.0261. The third kappa shape index (κ3) is 3.38. The summed E-state index contributed by atoms with van der Waals surface area (Å²) in [6.07, 6.45) is 9.23. The maximum absolute atomic E-state index is 12.9. The number of hydrogen-bond donors (Lipinski definition) is 0. The molecule has 2 fully saturated rings. The zero-order valence-corrected chi connectivity index (χ0v) is 16.4. The standard InChI is InChI=1S/C21H21NO2S2/c1-14-7-9-15(10-8-14)17-11-12-24-18(17)13-19-20(23)22(21(25)26-19)16-5-3-2-4-6-16/h7-13,16H,2-6H2,1H3/b19-13-. The molecule has 0 radical (unpaired) electrons. The van der Waals surface area contributed by atoms with Crippen LogP contribution in [0.3, 0.4) is 0 Å². The highest BCUT2D eigenvalue weighted by atomic mass is 32.2. The second-order valence-corrected chi connectivity index (χ2v) is 8.58. The van der Waals surface area contributed by atoms with Crippen LogP contribution in [0.5, 0.6) is 0 Å². The molecule has 2 aliphatic rings. The molecular weight excluding hydrogens is 362 g/mol. The highest BCUT2D eigenvalue weighted by Gasteiger charge is 2.37. The van der Waals surface area contributed by atoms with E-state index in [0.717, 1.165) is 24.0 Å². The molecule has 0 bridgehead atoms. The fourth-order valence-corrected chi connectivity index (χ4v) is 5.03. The van der Waals surface area contributed by atoms with E-state index >= 15 is 0 Å². The lowest BCUT2D eigenvalue weighted by Crippen LogP contribution is -2.39. The number of aryl methyl sites for hydroxylation is 1. The first-order valence-electron chi connectivity index (χ1n) is 9.05. The molecule has 2 aromatic rings. The predicted octanol–water partition coefficient (Wildman–Crippen LogP) is 5.79. The van der Waals surface area contributed by atoms with Crippen molar-refractivity contribution in [2.45, 2.75) is 45.1 Å². The first kappa shape index (κ1) is 17.6. The average molecular weight is 384 g/mol. The first-order chi connectivity index (χ1) is 12.6. The van der Waals surface area contributed by atoms with E-state index in [1.54, 1.807) is 6.26 Å². The van der Waals surface area contributed by atoms with Gasteiger partial charge < -0.3 is 4.42 Å². The number of thioether (sulfide) groups is 1. The number of furan rings is 1. The summed E-state index contributed by atoms with van der Waals surface area (Å²) in [5, 5.41) is 0. The van der Waals surface area contributed by atoms with Crippen molar-refractivity contribution < 1.29 is 9.21 Å². The van der Waals surface area contributed by atoms with Gasteiger partial charge in [0, 0.05) is 17.7 Å². The van der Waals surface area contributed by atoms with Gasteiger partial charge in [0.15, 0.2) is 0 Å². The van der Waals surface area contributed by atoms with Crippen LogP contribution in [0.1, 0.15) is 43.4 Å². The van der Waals surface area contributed by atoms with E-state index in [4.69, 9.17) is 16.6 Å². The molecule has 3 nitrogen and oxygen atoms in total. The van der Waals surface area contributed by atoms with E-state index in [0.29, 0.717) is 15.0 Å². The lowest BCUT2D eigenvalue weighted by molar-refractivity contribution is -0.124. The van der Waals surface area contributed by atoms with Crippen molar-refractivity contribution in [3.05, 3.63) is 52.8 Å². The van der Waals surface area contributed by atoms with Crippen LogP contribution in [0.15, 0.2) is 45.9 Å². The van der Waals surface area contributed by atoms with Crippen LogP contribution in [0.4, 0.5) is 0 Å². The Morgan fingerprint density at radius 3 is 2.62 bits per heavy atom. The van der Waals surface area contributed by atoms with Gasteiger partial charge in [-0.2, -0.15) is 0 Å². The quantitative estimate of drug-likeness (QED) is 0.496. The Kier molecular flexibility index (Phi) is 5.00. The Balaban J connectivity index is 1.61. The van der Waals surface area contributed by atoms with Crippen LogP contribution in [-0.2, 0) is 4.79 Å². The largest absolute Gasteiger partial charge is 0.464 e. The molecule has 0 spiro atoms. The van der Waals surface area contributed by atoms with Crippen molar-refractivity contribution in [2.24, 2.45) is 0 Å². The first-order valence-corrected chi connectivity index (χ1v) is 10.3. The monoisotopic (exact) mass is 383 g/mol. The number of thiocarbonyl (C=S) groups is 1. The van der Waals surface area contributed by atoms with Crippen molar-refractivity contribution in [3.63, 3.8) is 0 Å². The lowest BCUT2D eigenvalue weighted by Gasteiger charge is -2.29. The fourth-order valence-electron chi connectivity index (χ4n) is 3.66. The van der Waals surface area contributed by atoms with Crippen molar-refractivity contribution in [1.82, 2.24) is 4.90 Å². The van der Waals surface area contributed by atoms with Gasteiger partial charge in [-0.05, 0) is 31.4 Å². The molecular formula is C21H21NO2S2. The lowest BCUT2D eigenvalue weighted by atomic mass is 9.94. The van der Waals surface area contributed by atoms with Gasteiger partial charge in [-0.3, -0.25) is 9.69 Å². The predicted molar refractivity (Wildman–Crippen MR) is 111 cm³/mol. The molecule has 0 unspecified atom stereocenters. The maximum Gasteiger partial charge on any atom is 0.266 e. The highest BCUT2D eigenvalue weighted by molar-refractivity contribution is 8.26. The second-order valence-electron chi connectivity index (χ2n) is 6.91. The Labute approximate surface area is 163 Å². The molecule has 4 rings (SSSR count). The minimum atomic E-state index is 0.0261. The molecule has 26 heavy (non-hydrogen) atoms. The topological polar surface area (TPSA) is 33.5 Å². The summed E-state index contributed by atoms with van der Waals surface area (Å²) in [5.74, 6) is 0.733. The van der Waals surface area contributed by atoms with E-state index in [2.05, 4.69) is 31.2 Å². The summed E-state index contributed by atoms with van der Waals surface area (Å²) in [7, 11) is 0.